The van der Waals surface area contributed by atoms with Gasteiger partial charge in [0.1, 0.15) is 0 Å². The van der Waals surface area contributed by atoms with Gasteiger partial charge in [-0.25, -0.2) is 9.50 Å². The normalized spacial score (nSPS) is 13.4. The molecule has 0 aliphatic rings. The number of aryl methyl sites for hydroxylation is 1. The highest BCUT2D eigenvalue weighted by Crippen LogP contribution is 2.09. The summed E-state index contributed by atoms with van der Waals surface area (Å²) in [6.07, 6.45) is 3.68. The van der Waals surface area contributed by atoms with Gasteiger partial charge >= 0.3 is 0 Å². The van der Waals surface area contributed by atoms with Gasteiger partial charge in [-0.15, -0.1) is 5.10 Å². The second-order valence-electron chi connectivity index (χ2n) is 3.48. The third kappa shape index (κ3) is 1.46. The van der Waals surface area contributed by atoms with E-state index < -0.39 is 0 Å². The molecule has 2 aromatic heterocycles. The van der Waals surface area contributed by atoms with Crippen LogP contribution in [0.1, 0.15) is 24.2 Å². The largest absolute Gasteiger partial charge is 0.330 e. The van der Waals surface area contributed by atoms with Crippen LogP contribution in [-0.2, 0) is 0 Å². The number of fused-ring (bicyclic) bond motifs is 1. The number of aromatic nitrogens is 4. The number of hydrogen-bond donors (Lipinski definition) is 1. The Hall–Kier alpha value is -1.49. The molecule has 2 aromatic rings. The van der Waals surface area contributed by atoms with Crippen LogP contribution in [0.15, 0.2) is 12.4 Å². The van der Waals surface area contributed by atoms with Gasteiger partial charge in [0.2, 0.25) is 0 Å². The average Bonchev–Trinajstić information content (AvgIpc) is 2.59. The Bertz CT molecular complexity index is 447. The standard InChI is InChI=1S/C9H13N5/c1-6-4-11-9-12-8(7(2)3-10)13-14(9)5-6/h4-5,7H,3,10H2,1-2H3. The van der Waals surface area contributed by atoms with Gasteiger partial charge in [0.05, 0.1) is 0 Å². The van der Waals surface area contributed by atoms with Crippen molar-refractivity contribution in [3.63, 3.8) is 0 Å². The van der Waals surface area contributed by atoms with Gasteiger partial charge in [-0.3, -0.25) is 0 Å². The minimum absolute atomic E-state index is 0.178. The van der Waals surface area contributed by atoms with Crippen LogP contribution in [0.25, 0.3) is 5.78 Å². The minimum Gasteiger partial charge on any atom is -0.330 e. The summed E-state index contributed by atoms with van der Waals surface area (Å²) in [5, 5.41) is 4.31. The van der Waals surface area contributed by atoms with Crippen LogP contribution >= 0.6 is 0 Å². The van der Waals surface area contributed by atoms with E-state index in [1.807, 2.05) is 20.0 Å². The molecule has 14 heavy (non-hydrogen) atoms. The Morgan fingerprint density at radius 2 is 2.36 bits per heavy atom. The molecule has 0 radical (unpaired) electrons. The zero-order valence-corrected chi connectivity index (χ0v) is 8.31. The highest BCUT2D eigenvalue weighted by Gasteiger charge is 2.10. The topological polar surface area (TPSA) is 69.1 Å². The number of rotatable bonds is 2. The fourth-order valence-electron chi connectivity index (χ4n) is 1.21. The molecule has 5 nitrogen and oxygen atoms in total. The Morgan fingerprint density at radius 1 is 1.57 bits per heavy atom. The van der Waals surface area contributed by atoms with Crippen LogP contribution < -0.4 is 5.73 Å². The first-order valence-corrected chi connectivity index (χ1v) is 4.59. The molecule has 0 aliphatic heterocycles. The zero-order chi connectivity index (χ0) is 10.1. The van der Waals surface area contributed by atoms with Crippen LogP contribution in [0.4, 0.5) is 0 Å². The molecule has 0 saturated heterocycles. The van der Waals surface area contributed by atoms with Crippen LogP contribution in [0, 0.1) is 6.92 Å². The van der Waals surface area contributed by atoms with E-state index in [1.54, 1.807) is 10.7 Å². The summed E-state index contributed by atoms with van der Waals surface area (Å²) >= 11 is 0. The first kappa shape index (κ1) is 9.08. The number of nitrogens with zero attached hydrogens (tertiary/aromatic N) is 4. The summed E-state index contributed by atoms with van der Waals surface area (Å²) in [5.74, 6) is 1.56. The van der Waals surface area contributed by atoms with Crippen molar-refractivity contribution in [2.24, 2.45) is 5.73 Å². The highest BCUT2D eigenvalue weighted by molar-refractivity contribution is 5.27. The summed E-state index contributed by atoms with van der Waals surface area (Å²) in [4.78, 5) is 8.45. The Labute approximate surface area is 82.0 Å². The van der Waals surface area contributed by atoms with Crippen LogP contribution in [0.3, 0.4) is 0 Å². The van der Waals surface area contributed by atoms with Crippen molar-refractivity contribution in [1.29, 1.82) is 0 Å². The number of nitrogens with two attached hydrogens (primary N) is 1. The molecule has 2 heterocycles. The zero-order valence-electron chi connectivity index (χ0n) is 8.31. The van der Waals surface area contributed by atoms with E-state index in [2.05, 4.69) is 15.1 Å². The van der Waals surface area contributed by atoms with Gasteiger partial charge in [0, 0.05) is 24.9 Å². The predicted molar refractivity (Wildman–Crippen MR) is 53.0 cm³/mol. The smallest absolute Gasteiger partial charge is 0.252 e. The lowest BCUT2D eigenvalue weighted by Crippen LogP contribution is -2.10. The molecule has 2 N–H and O–H groups in total. The van der Waals surface area contributed by atoms with Crippen molar-refractivity contribution < 1.29 is 0 Å². The third-order valence-corrected chi connectivity index (χ3v) is 2.13. The maximum atomic E-state index is 5.55. The molecule has 1 atom stereocenters. The molecule has 0 fully saturated rings. The molecular weight excluding hydrogens is 178 g/mol. The SMILES string of the molecule is Cc1cnc2nc(C(C)CN)nn2c1. The van der Waals surface area contributed by atoms with E-state index in [0.29, 0.717) is 12.3 Å². The summed E-state index contributed by atoms with van der Waals surface area (Å²) in [6.45, 7) is 4.53. The van der Waals surface area contributed by atoms with Gasteiger partial charge in [-0.1, -0.05) is 6.92 Å². The van der Waals surface area contributed by atoms with Crippen LogP contribution in [0.2, 0.25) is 0 Å². The molecular formula is C9H13N5. The van der Waals surface area contributed by atoms with E-state index in [1.165, 1.54) is 0 Å². The Balaban J connectivity index is 2.51. The Kier molecular flexibility index (Phi) is 2.17. The maximum absolute atomic E-state index is 5.55. The minimum atomic E-state index is 0.178. The number of hydrogen-bond acceptors (Lipinski definition) is 4. The highest BCUT2D eigenvalue weighted by atomic mass is 15.3. The second-order valence-corrected chi connectivity index (χ2v) is 3.48. The average molecular weight is 191 g/mol. The van der Waals surface area contributed by atoms with E-state index in [-0.39, 0.29) is 5.92 Å². The summed E-state index contributed by atoms with van der Waals surface area (Å²) in [5.41, 5.74) is 6.61. The van der Waals surface area contributed by atoms with Crippen molar-refractivity contribution in [3.05, 3.63) is 23.8 Å². The Morgan fingerprint density at radius 3 is 3.07 bits per heavy atom. The van der Waals surface area contributed by atoms with E-state index >= 15 is 0 Å². The summed E-state index contributed by atoms with van der Waals surface area (Å²) in [6, 6.07) is 0. The van der Waals surface area contributed by atoms with Gasteiger partial charge in [-0.05, 0) is 12.5 Å². The first-order valence-electron chi connectivity index (χ1n) is 4.59. The van der Waals surface area contributed by atoms with Crippen LogP contribution in [-0.4, -0.2) is 26.1 Å². The van der Waals surface area contributed by atoms with E-state index in [0.717, 1.165) is 11.4 Å². The van der Waals surface area contributed by atoms with E-state index in [4.69, 9.17) is 5.73 Å². The molecule has 1 unspecified atom stereocenters. The maximum Gasteiger partial charge on any atom is 0.252 e. The van der Waals surface area contributed by atoms with Crippen molar-refractivity contribution >= 4 is 5.78 Å². The lowest BCUT2D eigenvalue weighted by atomic mass is 10.2. The summed E-state index contributed by atoms with van der Waals surface area (Å²) in [7, 11) is 0. The summed E-state index contributed by atoms with van der Waals surface area (Å²) < 4.78 is 1.69. The van der Waals surface area contributed by atoms with Crippen molar-refractivity contribution in [3.8, 4) is 0 Å². The van der Waals surface area contributed by atoms with Gasteiger partial charge in [0.15, 0.2) is 5.82 Å². The van der Waals surface area contributed by atoms with Crippen molar-refractivity contribution in [2.75, 3.05) is 6.54 Å². The monoisotopic (exact) mass is 191 g/mol. The first-order chi connectivity index (χ1) is 6.70. The fourth-order valence-corrected chi connectivity index (χ4v) is 1.21. The van der Waals surface area contributed by atoms with E-state index in [9.17, 15) is 0 Å². The van der Waals surface area contributed by atoms with Gasteiger partial charge < -0.3 is 5.73 Å². The van der Waals surface area contributed by atoms with Gasteiger partial charge in [-0.2, -0.15) is 4.98 Å². The quantitative estimate of drug-likeness (QED) is 0.750. The third-order valence-electron chi connectivity index (χ3n) is 2.13. The molecule has 0 amide bonds. The second kappa shape index (κ2) is 3.34. The van der Waals surface area contributed by atoms with Crippen molar-refractivity contribution in [1.82, 2.24) is 19.6 Å². The van der Waals surface area contributed by atoms with Crippen LogP contribution in [0.5, 0.6) is 0 Å². The molecule has 0 bridgehead atoms. The molecule has 74 valence electrons. The lowest BCUT2D eigenvalue weighted by molar-refractivity contribution is 0.707. The predicted octanol–water partition coefficient (Wildman–Crippen LogP) is 0.495. The lowest BCUT2D eigenvalue weighted by Gasteiger charge is -1.99. The molecule has 0 aromatic carbocycles. The molecule has 5 heteroatoms. The van der Waals surface area contributed by atoms with Gasteiger partial charge in [0.25, 0.3) is 5.78 Å². The fraction of sp³-hybridized carbons (Fsp3) is 0.444. The molecule has 0 aliphatic carbocycles. The molecule has 0 saturated carbocycles. The van der Waals surface area contributed by atoms with Crippen molar-refractivity contribution in [2.45, 2.75) is 19.8 Å². The molecule has 2 rings (SSSR count). The molecule has 0 spiro atoms.